The molecule has 0 atom stereocenters. The Bertz CT molecular complexity index is 330. The van der Waals surface area contributed by atoms with Crippen LogP contribution < -0.4 is 0 Å². The summed E-state index contributed by atoms with van der Waals surface area (Å²) in [6, 6.07) is 0. The van der Waals surface area contributed by atoms with Crippen molar-refractivity contribution in [2.24, 2.45) is 23.7 Å². The third-order valence-corrected chi connectivity index (χ3v) is 6.52. The predicted octanol–water partition coefficient (Wildman–Crippen LogP) is 7.74. The molecule has 23 heavy (non-hydrogen) atoms. The number of hydrogen-bond donors (Lipinski definition) is 0. The van der Waals surface area contributed by atoms with E-state index >= 15 is 0 Å². The molecule has 0 aliphatic heterocycles. The van der Waals surface area contributed by atoms with E-state index in [1.807, 2.05) is 0 Å². The maximum absolute atomic E-state index is 12.2. The van der Waals surface area contributed by atoms with Crippen LogP contribution in [0.4, 0.5) is 8.78 Å². The van der Waals surface area contributed by atoms with E-state index in [0.717, 1.165) is 23.8 Å². The summed E-state index contributed by atoms with van der Waals surface area (Å²) in [5, 5.41) is 0. The van der Waals surface area contributed by atoms with Gasteiger partial charge >= 0.3 is 0 Å². The van der Waals surface area contributed by atoms with Gasteiger partial charge in [-0.1, -0.05) is 51.9 Å². The van der Waals surface area contributed by atoms with Crippen molar-refractivity contribution in [3.8, 4) is 0 Å². The van der Waals surface area contributed by atoms with Crippen LogP contribution in [0.2, 0.25) is 0 Å². The summed E-state index contributed by atoms with van der Waals surface area (Å²) in [7, 11) is 0. The minimum atomic E-state index is -1.50. The summed E-state index contributed by atoms with van der Waals surface area (Å²) in [6.07, 6.45) is 18.0. The lowest BCUT2D eigenvalue weighted by Crippen LogP contribution is -2.25. The summed E-state index contributed by atoms with van der Waals surface area (Å²) >= 11 is 0. The minimum absolute atomic E-state index is 0.516. The molecule has 0 unspecified atom stereocenters. The summed E-state index contributed by atoms with van der Waals surface area (Å²) in [6.45, 7) is 2.28. The summed E-state index contributed by atoms with van der Waals surface area (Å²) < 4.78 is 24.4. The van der Waals surface area contributed by atoms with E-state index < -0.39 is 6.08 Å². The Balaban J connectivity index is 1.60. The van der Waals surface area contributed by atoms with Crippen molar-refractivity contribution in [3.05, 3.63) is 12.2 Å². The van der Waals surface area contributed by atoms with Gasteiger partial charge in [-0.25, -0.2) is 0 Å². The first-order valence-electron chi connectivity index (χ1n) is 10.2. The largest absolute Gasteiger partial charge is 0.266 e. The molecule has 0 aromatic heterocycles. The van der Waals surface area contributed by atoms with Crippen molar-refractivity contribution in [2.75, 3.05) is 0 Å². The van der Waals surface area contributed by atoms with Crippen LogP contribution in [0.5, 0.6) is 0 Å². The molecule has 2 aliphatic rings. The molecule has 2 fully saturated rings. The van der Waals surface area contributed by atoms with Gasteiger partial charge in [-0.3, -0.25) is 0 Å². The highest BCUT2D eigenvalue weighted by Crippen LogP contribution is 2.43. The van der Waals surface area contributed by atoms with Gasteiger partial charge in [-0.05, 0) is 74.7 Å². The average Bonchev–Trinajstić information content (AvgIpc) is 2.58. The molecule has 0 radical (unpaired) electrons. The van der Waals surface area contributed by atoms with Gasteiger partial charge in [0.1, 0.15) is 0 Å². The van der Waals surface area contributed by atoms with E-state index in [4.69, 9.17) is 0 Å². The zero-order valence-electron chi connectivity index (χ0n) is 15.0. The minimum Gasteiger partial charge on any atom is -0.174 e. The molecule has 2 saturated carbocycles. The molecular formula is C21H36F2. The van der Waals surface area contributed by atoms with Gasteiger partial charge in [0, 0.05) is 0 Å². The van der Waals surface area contributed by atoms with Gasteiger partial charge in [0.25, 0.3) is 6.08 Å². The molecule has 0 spiro atoms. The standard InChI is InChI=1S/C21H36F2/c1-2-3-4-5-6-17-7-12-19(13-8-17)20-14-9-18(10-15-20)11-16-21(22)23/h16-20H,2-15H2,1H3. The van der Waals surface area contributed by atoms with Crippen LogP contribution in [0.25, 0.3) is 0 Å². The second-order valence-electron chi connectivity index (χ2n) is 8.14. The van der Waals surface area contributed by atoms with Gasteiger partial charge in [0.05, 0.1) is 0 Å². The normalized spacial score (nSPS) is 31.8. The number of unbranched alkanes of at least 4 members (excludes halogenated alkanes) is 3. The van der Waals surface area contributed by atoms with Crippen molar-refractivity contribution < 1.29 is 8.78 Å². The Morgan fingerprint density at radius 3 is 1.87 bits per heavy atom. The van der Waals surface area contributed by atoms with E-state index in [9.17, 15) is 8.78 Å². The monoisotopic (exact) mass is 326 g/mol. The maximum atomic E-state index is 12.2. The molecule has 2 rings (SSSR count). The lowest BCUT2D eigenvalue weighted by molar-refractivity contribution is 0.143. The van der Waals surface area contributed by atoms with Crippen LogP contribution in [0.15, 0.2) is 12.2 Å². The Hall–Kier alpha value is -0.400. The number of halogens is 2. The number of hydrogen-bond acceptors (Lipinski definition) is 0. The second kappa shape index (κ2) is 10.5. The smallest absolute Gasteiger partial charge is 0.174 e. The first-order chi connectivity index (χ1) is 11.2. The Morgan fingerprint density at radius 2 is 1.35 bits per heavy atom. The highest BCUT2D eigenvalue weighted by molar-refractivity contribution is 4.87. The highest BCUT2D eigenvalue weighted by atomic mass is 19.3. The SMILES string of the molecule is CCCCCCC1CCC(C2CCC(CC=C(F)F)CC2)CC1. The van der Waals surface area contributed by atoms with E-state index in [0.29, 0.717) is 12.3 Å². The first-order valence-corrected chi connectivity index (χ1v) is 10.2. The fourth-order valence-corrected chi connectivity index (χ4v) is 4.96. The van der Waals surface area contributed by atoms with Crippen LogP contribution in [-0.4, -0.2) is 0 Å². The zero-order chi connectivity index (χ0) is 16.5. The number of rotatable bonds is 8. The molecule has 0 amide bonds. The molecule has 2 aliphatic carbocycles. The third-order valence-electron chi connectivity index (χ3n) is 6.52. The lowest BCUT2D eigenvalue weighted by Gasteiger charge is -2.37. The molecule has 0 saturated heterocycles. The molecule has 0 N–H and O–H groups in total. The fraction of sp³-hybridized carbons (Fsp3) is 0.905. The molecule has 0 heterocycles. The lowest BCUT2D eigenvalue weighted by atomic mass is 9.68. The van der Waals surface area contributed by atoms with Crippen LogP contribution in [0.1, 0.15) is 96.8 Å². The van der Waals surface area contributed by atoms with Crippen molar-refractivity contribution in [3.63, 3.8) is 0 Å². The average molecular weight is 327 g/mol. The fourth-order valence-electron chi connectivity index (χ4n) is 4.96. The Morgan fingerprint density at radius 1 is 0.783 bits per heavy atom. The Kier molecular flexibility index (Phi) is 8.61. The van der Waals surface area contributed by atoms with Crippen LogP contribution in [0.3, 0.4) is 0 Å². The van der Waals surface area contributed by atoms with E-state index in [1.165, 1.54) is 83.5 Å². The highest BCUT2D eigenvalue weighted by Gasteiger charge is 2.30. The third kappa shape index (κ3) is 6.93. The van der Waals surface area contributed by atoms with E-state index in [2.05, 4.69) is 6.92 Å². The van der Waals surface area contributed by atoms with Gasteiger partial charge in [0.15, 0.2) is 0 Å². The summed E-state index contributed by atoms with van der Waals surface area (Å²) in [4.78, 5) is 0. The molecule has 0 bridgehead atoms. The maximum Gasteiger partial charge on any atom is 0.266 e. The van der Waals surface area contributed by atoms with E-state index in [-0.39, 0.29) is 0 Å². The quantitative estimate of drug-likeness (QED) is 0.400. The first kappa shape index (κ1) is 18.9. The van der Waals surface area contributed by atoms with Crippen molar-refractivity contribution in [1.29, 1.82) is 0 Å². The summed E-state index contributed by atoms with van der Waals surface area (Å²) in [5.41, 5.74) is 0. The molecular weight excluding hydrogens is 290 g/mol. The van der Waals surface area contributed by atoms with Crippen molar-refractivity contribution in [2.45, 2.75) is 96.8 Å². The summed E-state index contributed by atoms with van der Waals surface area (Å²) in [5.74, 6) is 3.35. The molecule has 0 nitrogen and oxygen atoms in total. The van der Waals surface area contributed by atoms with Gasteiger partial charge in [-0.15, -0.1) is 0 Å². The molecule has 0 aromatic rings. The number of allylic oxidation sites excluding steroid dienone is 1. The molecule has 134 valence electrons. The Labute approximate surface area is 142 Å². The van der Waals surface area contributed by atoms with Gasteiger partial charge in [-0.2, -0.15) is 8.78 Å². The van der Waals surface area contributed by atoms with Crippen LogP contribution in [0, 0.1) is 23.7 Å². The van der Waals surface area contributed by atoms with Crippen molar-refractivity contribution >= 4 is 0 Å². The van der Waals surface area contributed by atoms with Crippen molar-refractivity contribution in [1.82, 2.24) is 0 Å². The zero-order valence-corrected chi connectivity index (χ0v) is 15.0. The van der Waals surface area contributed by atoms with Crippen LogP contribution >= 0.6 is 0 Å². The molecule has 0 aromatic carbocycles. The molecule has 2 heteroatoms. The van der Waals surface area contributed by atoms with Gasteiger partial charge in [0.2, 0.25) is 0 Å². The van der Waals surface area contributed by atoms with Crippen LogP contribution in [-0.2, 0) is 0 Å². The van der Waals surface area contributed by atoms with Gasteiger partial charge < -0.3 is 0 Å². The second-order valence-corrected chi connectivity index (χ2v) is 8.14. The van der Waals surface area contributed by atoms with E-state index in [1.54, 1.807) is 0 Å². The topological polar surface area (TPSA) is 0 Å². The predicted molar refractivity (Wildman–Crippen MR) is 94.6 cm³/mol.